The van der Waals surface area contributed by atoms with Crippen LogP contribution in [0.15, 0.2) is 97.1 Å². The Labute approximate surface area is 270 Å². The maximum atomic E-state index is 11.9. The van der Waals surface area contributed by atoms with Crippen LogP contribution in [0.1, 0.15) is 59.7 Å². The monoisotopic (exact) mass is 625 g/mol. The highest BCUT2D eigenvalue weighted by Gasteiger charge is 2.33. The number of carbonyl (C=O) groups excluding carboxylic acids is 1. The first kappa shape index (κ1) is 33.1. The van der Waals surface area contributed by atoms with E-state index in [2.05, 4.69) is 22.8 Å². The predicted octanol–water partition coefficient (Wildman–Crippen LogP) is 5.58. The second-order valence-electron chi connectivity index (χ2n) is 11.7. The fraction of sp³-hybridized carbons (Fsp3) is 0.324. The summed E-state index contributed by atoms with van der Waals surface area (Å²) >= 11 is 0. The van der Waals surface area contributed by atoms with Gasteiger partial charge in [0.25, 0.3) is 0 Å². The lowest BCUT2D eigenvalue weighted by Crippen LogP contribution is -2.39. The van der Waals surface area contributed by atoms with Gasteiger partial charge in [-0.1, -0.05) is 72.8 Å². The lowest BCUT2D eigenvalue weighted by atomic mass is 9.98. The van der Waals surface area contributed by atoms with E-state index < -0.39 is 12.4 Å². The molecule has 0 unspecified atom stereocenters. The van der Waals surface area contributed by atoms with Crippen LogP contribution < -0.4 is 10.6 Å². The van der Waals surface area contributed by atoms with Gasteiger partial charge in [0.1, 0.15) is 5.75 Å². The zero-order valence-corrected chi connectivity index (χ0v) is 26.3. The van der Waals surface area contributed by atoms with Gasteiger partial charge >= 0.3 is 6.03 Å². The number of rotatable bonds is 12. The molecule has 1 aliphatic heterocycles. The van der Waals surface area contributed by atoms with Gasteiger partial charge in [-0.2, -0.15) is 0 Å². The van der Waals surface area contributed by atoms with Gasteiger partial charge in [0, 0.05) is 38.2 Å². The van der Waals surface area contributed by atoms with Crippen LogP contribution in [0.3, 0.4) is 0 Å². The molecule has 0 spiro atoms. The number of hydrogen-bond acceptors (Lipinski definition) is 7. The summed E-state index contributed by atoms with van der Waals surface area (Å²) in [6.45, 7) is 3.76. The summed E-state index contributed by atoms with van der Waals surface area (Å²) in [5.74, 6) is 0.120. The van der Waals surface area contributed by atoms with Gasteiger partial charge in [0.05, 0.1) is 24.9 Å². The number of benzene rings is 4. The van der Waals surface area contributed by atoms with Crippen molar-refractivity contribution in [2.75, 3.05) is 26.7 Å². The molecule has 242 valence electrons. The Balaban J connectivity index is 1.34. The predicted molar refractivity (Wildman–Crippen MR) is 177 cm³/mol. The molecular formula is C37H43N3O6. The number of likely N-dealkylation sites (N-methyl/N-ethyl adjacent to an activating group) is 1. The Kier molecular flexibility index (Phi) is 11.4. The van der Waals surface area contributed by atoms with E-state index in [1.165, 1.54) is 0 Å². The second-order valence-corrected chi connectivity index (χ2v) is 11.7. The Hall–Kier alpha value is -4.25. The number of ether oxygens (including phenoxy) is 2. The van der Waals surface area contributed by atoms with Gasteiger partial charge < -0.3 is 40.3 Å². The van der Waals surface area contributed by atoms with E-state index in [-0.39, 0.29) is 30.6 Å². The molecule has 1 aliphatic rings. The average molecular weight is 626 g/mol. The van der Waals surface area contributed by atoms with Gasteiger partial charge in [0.2, 0.25) is 0 Å². The Morgan fingerprint density at radius 3 is 2.37 bits per heavy atom. The fourth-order valence-electron chi connectivity index (χ4n) is 5.72. The Morgan fingerprint density at radius 2 is 1.63 bits per heavy atom. The molecule has 4 aromatic carbocycles. The molecule has 9 nitrogen and oxygen atoms in total. The summed E-state index contributed by atoms with van der Waals surface area (Å²) in [5.41, 5.74) is 6.37. The zero-order chi connectivity index (χ0) is 32.5. The van der Waals surface area contributed by atoms with Crippen LogP contribution in [0.4, 0.5) is 4.79 Å². The smallest absolute Gasteiger partial charge is 0.315 e. The van der Waals surface area contributed by atoms with E-state index in [4.69, 9.17) is 9.47 Å². The third-order valence-corrected chi connectivity index (χ3v) is 8.08. The third-order valence-electron chi connectivity index (χ3n) is 8.08. The maximum Gasteiger partial charge on any atom is 0.315 e. The molecule has 4 atom stereocenters. The summed E-state index contributed by atoms with van der Waals surface area (Å²) in [4.78, 5) is 13.9. The van der Waals surface area contributed by atoms with Crippen molar-refractivity contribution in [3.05, 3.63) is 125 Å². The molecule has 0 aliphatic carbocycles. The number of aliphatic hydroxyl groups is 2. The molecule has 2 amide bonds. The summed E-state index contributed by atoms with van der Waals surface area (Å²) in [5, 5.41) is 35.8. The van der Waals surface area contributed by atoms with Crippen LogP contribution in [0.5, 0.6) is 5.75 Å². The first-order valence-corrected chi connectivity index (χ1v) is 15.7. The summed E-state index contributed by atoms with van der Waals surface area (Å²) in [7, 11) is 1.94. The highest BCUT2D eigenvalue weighted by atomic mass is 16.7. The van der Waals surface area contributed by atoms with Crippen molar-refractivity contribution in [1.82, 2.24) is 15.5 Å². The molecule has 46 heavy (non-hydrogen) atoms. The average Bonchev–Trinajstić information content (AvgIpc) is 3.07. The summed E-state index contributed by atoms with van der Waals surface area (Å²) in [6, 6.07) is 30.4. The molecule has 5 N–H and O–H groups in total. The van der Waals surface area contributed by atoms with Crippen molar-refractivity contribution in [3.63, 3.8) is 0 Å². The molecule has 0 radical (unpaired) electrons. The topological polar surface area (TPSA) is 124 Å². The van der Waals surface area contributed by atoms with Crippen LogP contribution >= 0.6 is 0 Å². The van der Waals surface area contributed by atoms with E-state index in [0.29, 0.717) is 38.2 Å². The molecule has 1 fully saturated rings. The minimum absolute atomic E-state index is 0.0253. The van der Waals surface area contributed by atoms with Gasteiger partial charge in [-0.25, -0.2) is 4.79 Å². The van der Waals surface area contributed by atoms with Crippen molar-refractivity contribution < 1.29 is 29.6 Å². The lowest BCUT2D eigenvalue weighted by molar-refractivity contribution is -0.252. The molecular weight excluding hydrogens is 582 g/mol. The SMILES string of the molecule is CCNC(=O)NCc1cccc(-c2cccc([C@@H]3O[C@H](CN(C)C[C@@H](O)c4cccc(O)c4)C[C@H](c4ccc(CO)cc4)O3)c2)c1. The molecule has 0 saturated carbocycles. The summed E-state index contributed by atoms with van der Waals surface area (Å²) in [6.07, 6.45) is -1.23. The van der Waals surface area contributed by atoms with E-state index in [9.17, 15) is 20.1 Å². The Bertz CT molecular complexity index is 1580. The quantitative estimate of drug-likeness (QED) is 0.139. The Morgan fingerprint density at radius 1 is 0.891 bits per heavy atom. The normalized spacial score (nSPS) is 18.7. The molecule has 1 heterocycles. The van der Waals surface area contributed by atoms with Crippen molar-refractivity contribution in [2.24, 2.45) is 0 Å². The van der Waals surface area contributed by atoms with Gasteiger partial charge in [0.15, 0.2) is 6.29 Å². The molecule has 0 aromatic heterocycles. The number of nitrogens with zero attached hydrogens (tertiary/aromatic N) is 1. The van der Waals surface area contributed by atoms with Gasteiger partial charge in [-0.15, -0.1) is 0 Å². The number of aromatic hydroxyl groups is 1. The fourth-order valence-corrected chi connectivity index (χ4v) is 5.72. The highest BCUT2D eigenvalue weighted by molar-refractivity contribution is 5.74. The molecule has 9 heteroatoms. The number of amides is 2. The third kappa shape index (κ3) is 8.93. The number of urea groups is 1. The lowest BCUT2D eigenvalue weighted by Gasteiger charge is -2.38. The molecule has 0 bridgehead atoms. The number of aliphatic hydroxyl groups excluding tert-OH is 2. The number of phenols is 1. The van der Waals surface area contributed by atoms with E-state index in [1.54, 1.807) is 24.3 Å². The van der Waals surface area contributed by atoms with Crippen molar-refractivity contribution in [2.45, 2.75) is 51.1 Å². The number of nitrogens with one attached hydrogen (secondary N) is 2. The van der Waals surface area contributed by atoms with E-state index in [0.717, 1.165) is 33.4 Å². The summed E-state index contributed by atoms with van der Waals surface area (Å²) < 4.78 is 13.1. The zero-order valence-electron chi connectivity index (χ0n) is 26.3. The van der Waals surface area contributed by atoms with Gasteiger partial charge in [-0.05, 0) is 71.6 Å². The van der Waals surface area contributed by atoms with E-state index in [1.807, 2.05) is 79.5 Å². The standard InChI is InChI=1S/C37H43N3O6/c1-3-38-37(44)39-21-26-7-4-8-28(17-26)29-9-5-11-31(18-29)36-45-33(20-35(46-36)27-15-13-25(24-41)14-16-27)22-40(2)23-34(43)30-10-6-12-32(42)19-30/h4-19,33-36,41-43H,3,20-24H2,1-2H3,(H2,38,39,44)/t33-,34+,35+,36+/m0/s1. The van der Waals surface area contributed by atoms with E-state index >= 15 is 0 Å². The molecule has 5 rings (SSSR count). The van der Waals surface area contributed by atoms with Crippen LogP contribution in [-0.4, -0.2) is 59.0 Å². The largest absolute Gasteiger partial charge is 0.508 e. The van der Waals surface area contributed by atoms with Crippen molar-refractivity contribution in [1.29, 1.82) is 0 Å². The maximum absolute atomic E-state index is 11.9. The highest BCUT2D eigenvalue weighted by Crippen LogP contribution is 2.39. The number of carbonyl (C=O) groups is 1. The number of phenolic OH excluding ortho intramolecular Hbond substituents is 1. The second kappa shape index (κ2) is 15.8. The van der Waals surface area contributed by atoms with Crippen LogP contribution in [0.25, 0.3) is 11.1 Å². The van der Waals surface area contributed by atoms with Gasteiger partial charge in [-0.3, -0.25) is 0 Å². The number of hydrogen-bond donors (Lipinski definition) is 5. The van der Waals surface area contributed by atoms with Crippen molar-refractivity contribution in [3.8, 4) is 16.9 Å². The van der Waals surface area contributed by atoms with Crippen LogP contribution in [0, 0.1) is 0 Å². The first-order chi connectivity index (χ1) is 22.3. The van der Waals surface area contributed by atoms with Crippen LogP contribution in [-0.2, 0) is 22.6 Å². The molecule has 4 aromatic rings. The minimum atomic E-state index is -0.766. The van der Waals surface area contributed by atoms with Crippen LogP contribution in [0.2, 0.25) is 0 Å². The van der Waals surface area contributed by atoms with Crippen molar-refractivity contribution >= 4 is 6.03 Å². The first-order valence-electron chi connectivity index (χ1n) is 15.7. The molecule has 1 saturated heterocycles. The minimum Gasteiger partial charge on any atom is -0.508 e.